The zero-order chi connectivity index (χ0) is 36.1. The summed E-state index contributed by atoms with van der Waals surface area (Å²) in [6.45, 7) is 11.8. The highest BCUT2D eigenvalue weighted by Crippen LogP contribution is 2.37. The Morgan fingerprint density at radius 3 is 1.94 bits per heavy atom. The predicted molar refractivity (Wildman–Crippen MR) is 184 cm³/mol. The molecule has 1 heterocycles. The monoisotopic (exact) mass is 702 g/mol. The van der Waals surface area contributed by atoms with Crippen molar-refractivity contribution >= 4 is 61.7 Å². The van der Waals surface area contributed by atoms with E-state index in [1.807, 2.05) is 0 Å². The minimum absolute atomic E-state index is 0.121. The van der Waals surface area contributed by atoms with E-state index in [4.69, 9.17) is 15.2 Å². The van der Waals surface area contributed by atoms with E-state index in [1.165, 1.54) is 31.2 Å². The third-order valence-electron chi connectivity index (χ3n) is 6.59. The Hall–Kier alpha value is -4.70. The maximum atomic E-state index is 13.3. The number of anilines is 3. The van der Waals surface area contributed by atoms with Crippen LogP contribution >= 0.6 is 11.3 Å². The number of primary amides is 1. The summed E-state index contributed by atoms with van der Waals surface area (Å²) in [5, 5.41) is 11.3. The van der Waals surface area contributed by atoms with Crippen molar-refractivity contribution in [2.45, 2.75) is 77.7 Å². The van der Waals surface area contributed by atoms with Crippen LogP contribution in [-0.2, 0) is 36.9 Å². The molecule has 14 nitrogen and oxygen atoms in total. The predicted octanol–water partition coefficient (Wildman–Crippen LogP) is 5.27. The zero-order valence-corrected chi connectivity index (χ0v) is 29.8. The number of carbonyl (C=O) groups is 4. The molecule has 0 saturated heterocycles. The second-order valence-electron chi connectivity index (χ2n) is 13.1. The van der Waals surface area contributed by atoms with Crippen molar-refractivity contribution in [1.29, 1.82) is 0 Å². The Labute approximate surface area is 284 Å². The number of nitrogens with zero attached hydrogens (tertiary/aromatic N) is 1. The smallest absolute Gasteiger partial charge is 0.387 e. The van der Waals surface area contributed by atoms with Crippen LogP contribution < -0.4 is 27.0 Å². The summed E-state index contributed by atoms with van der Waals surface area (Å²) in [5.74, 6) is -2.77. The Bertz CT molecular complexity index is 1760. The Kier molecular flexibility index (Phi) is 11.5. The first-order chi connectivity index (χ1) is 22.1. The molecule has 260 valence electrons. The number of thiazole rings is 1. The van der Waals surface area contributed by atoms with Gasteiger partial charge >= 0.3 is 18.1 Å². The van der Waals surface area contributed by atoms with Gasteiger partial charge in [-0.3, -0.25) is 9.59 Å². The standard InChI is InChI=1S/C32H42N6O8S2/c1-19(39)34-28-36-24(25(47-28)26(40)35-21-14-16-23(17-15-21)48(8,43)44)18-11-20-9-12-22(13-10-20)37-32(30(2,3)4,45-27(33)41)46-29(42)38-31(5,6)7/h9-10,12-17,37H,11,18H2,1-8H3,(H2,33,41)(H,35,40)(H,38,42)(H,34,36,39). The van der Waals surface area contributed by atoms with Crippen molar-refractivity contribution in [2.75, 3.05) is 22.2 Å². The van der Waals surface area contributed by atoms with Crippen LogP contribution in [-0.4, -0.2) is 55.1 Å². The highest BCUT2D eigenvalue weighted by atomic mass is 32.2. The molecule has 0 spiro atoms. The van der Waals surface area contributed by atoms with Crippen LogP contribution in [0.3, 0.4) is 0 Å². The van der Waals surface area contributed by atoms with Crippen molar-refractivity contribution in [3.63, 3.8) is 0 Å². The Morgan fingerprint density at radius 2 is 1.44 bits per heavy atom. The van der Waals surface area contributed by atoms with E-state index < -0.39 is 44.8 Å². The van der Waals surface area contributed by atoms with Gasteiger partial charge in [-0.25, -0.2) is 23.0 Å². The van der Waals surface area contributed by atoms with Crippen molar-refractivity contribution in [1.82, 2.24) is 10.3 Å². The van der Waals surface area contributed by atoms with Crippen molar-refractivity contribution in [2.24, 2.45) is 11.1 Å². The van der Waals surface area contributed by atoms with Gasteiger partial charge in [0.15, 0.2) is 15.0 Å². The van der Waals surface area contributed by atoms with Gasteiger partial charge in [0.25, 0.3) is 5.91 Å². The van der Waals surface area contributed by atoms with Gasteiger partial charge in [0.1, 0.15) is 4.88 Å². The summed E-state index contributed by atoms with van der Waals surface area (Å²) in [7, 11) is -3.40. The highest BCUT2D eigenvalue weighted by Gasteiger charge is 2.50. The molecular weight excluding hydrogens is 661 g/mol. The van der Waals surface area contributed by atoms with Gasteiger partial charge in [-0.1, -0.05) is 44.2 Å². The van der Waals surface area contributed by atoms with Crippen LogP contribution in [0.1, 0.15) is 69.4 Å². The number of carbonyl (C=O) groups excluding carboxylic acids is 4. The summed E-state index contributed by atoms with van der Waals surface area (Å²) in [4.78, 5) is 54.5. The fourth-order valence-corrected chi connectivity index (χ4v) is 5.84. The molecule has 6 N–H and O–H groups in total. The lowest BCUT2D eigenvalue weighted by atomic mass is 9.90. The number of hydrogen-bond acceptors (Lipinski definition) is 11. The molecule has 1 aromatic heterocycles. The topological polar surface area (TPSA) is 208 Å². The van der Waals surface area contributed by atoms with Crippen molar-refractivity contribution in [3.05, 3.63) is 64.7 Å². The lowest BCUT2D eigenvalue weighted by Gasteiger charge is -2.42. The van der Waals surface area contributed by atoms with Gasteiger partial charge in [-0.05, 0) is 75.6 Å². The van der Waals surface area contributed by atoms with Gasteiger partial charge < -0.3 is 36.5 Å². The first-order valence-electron chi connectivity index (χ1n) is 14.8. The average Bonchev–Trinajstić information content (AvgIpc) is 3.32. The molecule has 3 rings (SSSR count). The molecule has 0 fully saturated rings. The van der Waals surface area contributed by atoms with Crippen LogP contribution in [0.15, 0.2) is 53.4 Å². The quantitative estimate of drug-likeness (QED) is 0.163. The lowest BCUT2D eigenvalue weighted by molar-refractivity contribution is -0.202. The largest absolute Gasteiger partial charge is 0.412 e. The van der Waals surface area contributed by atoms with Crippen LogP contribution in [0, 0.1) is 5.41 Å². The van der Waals surface area contributed by atoms with Crippen LogP contribution in [0.2, 0.25) is 0 Å². The molecule has 0 radical (unpaired) electrons. The molecule has 1 atom stereocenters. The van der Waals surface area contributed by atoms with Gasteiger partial charge in [-0.2, -0.15) is 0 Å². The minimum atomic E-state index is -3.40. The second-order valence-corrected chi connectivity index (χ2v) is 16.1. The molecule has 0 aliphatic heterocycles. The molecule has 48 heavy (non-hydrogen) atoms. The average molecular weight is 703 g/mol. The number of nitrogens with two attached hydrogens (primary N) is 1. The van der Waals surface area contributed by atoms with Gasteiger partial charge in [0, 0.05) is 30.1 Å². The SMILES string of the molecule is CC(=O)Nc1nc(CCc2ccc(NC(OC(N)=O)(OC(=O)NC(C)(C)C)C(C)(C)C)cc2)c(C(=O)Nc2ccc(S(C)(=O)=O)cc2)s1. The lowest BCUT2D eigenvalue weighted by Crippen LogP contribution is -2.59. The van der Waals surface area contributed by atoms with Gasteiger partial charge in [-0.15, -0.1) is 0 Å². The number of aryl methyl sites for hydroxylation is 2. The first-order valence-corrected chi connectivity index (χ1v) is 17.5. The molecule has 0 bridgehead atoms. The fourth-order valence-electron chi connectivity index (χ4n) is 4.25. The third kappa shape index (κ3) is 10.7. The molecule has 0 aliphatic carbocycles. The number of sulfone groups is 1. The number of alkyl carbamates (subject to hydrolysis) is 1. The van der Waals surface area contributed by atoms with Crippen LogP contribution in [0.4, 0.5) is 26.1 Å². The van der Waals surface area contributed by atoms with Crippen LogP contribution in [0.5, 0.6) is 0 Å². The number of ether oxygens (including phenoxy) is 2. The molecule has 4 amide bonds. The fraction of sp³-hybridized carbons (Fsp3) is 0.406. The summed E-state index contributed by atoms with van der Waals surface area (Å²) >= 11 is 1.02. The highest BCUT2D eigenvalue weighted by molar-refractivity contribution is 7.90. The summed E-state index contributed by atoms with van der Waals surface area (Å²) in [6, 6.07) is 12.8. The summed E-state index contributed by atoms with van der Waals surface area (Å²) in [5.41, 5.74) is 5.96. The second kappa shape index (κ2) is 14.6. The van der Waals surface area contributed by atoms with Crippen molar-refractivity contribution < 1.29 is 37.1 Å². The normalized spacial score (nSPS) is 13.1. The number of hydrogen-bond donors (Lipinski definition) is 5. The van der Waals surface area contributed by atoms with Gasteiger partial charge in [0.05, 0.1) is 16.0 Å². The minimum Gasteiger partial charge on any atom is -0.387 e. The molecule has 0 saturated carbocycles. The number of rotatable bonds is 11. The Balaban J connectivity index is 1.81. The number of aromatic nitrogens is 1. The molecule has 0 aliphatic rings. The van der Waals surface area contributed by atoms with Crippen LogP contribution in [0.25, 0.3) is 0 Å². The maximum Gasteiger partial charge on any atom is 0.412 e. The van der Waals surface area contributed by atoms with E-state index >= 15 is 0 Å². The molecule has 2 aromatic carbocycles. The molecule has 3 aromatic rings. The summed E-state index contributed by atoms with van der Waals surface area (Å²) in [6.07, 6.45) is -0.0790. The zero-order valence-electron chi connectivity index (χ0n) is 28.1. The van der Waals surface area contributed by atoms with Crippen molar-refractivity contribution in [3.8, 4) is 0 Å². The van der Waals surface area contributed by atoms with Gasteiger partial charge in [0.2, 0.25) is 5.91 Å². The Morgan fingerprint density at radius 1 is 0.854 bits per heavy atom. The van der Waals surface area contributed by atoms with E-state index in [0.29, 0.717) is 29.9 Å². The summed E-state index contributed by atoms with van der Waals surface area (Å²) < 4.78 is 34.6. The van der Waals surface area contributed by atoms with E-state index in [2.05, 4.69) is 26.3 Å². The van der Waals surface area contributed by atoms with E-state index in [0.717, 1.165) is 23.2 Å². The third-order valence-corrected chi connectivity index (χ3v) is 8.73. The molecular formula is C32H42N6O8S2. The van der Waals surface area contributed by atoms with E-state index in [-0.39, 0.29) is 20.8 Å². The van der Waals surface area contributed by atoms with E-state index in [1.54, 1.807) is 65.8 Å². The molecule has 16 heteroatoms. The maximum absolute atomic E-state index is 13.3. The number of benzene rings is 2. The number of nitrogens with one attached hydrogen (secondary N) is 4. The molecule has 1 unspecified atom stereocenters. The first kappa shape index (κ1) is 37.8. The number of amides is 4. The van der Waals surface area contributed by atoms with E-state index in [9.17, 15) is 27.6 Å².